The van der Waals surface area contributed by atoms with Gasteiger partial charge in [0.1, 0.15) is 18.1 Å². The van der Waals surface area contributed by atoms with Gasteiger partial charge in [-0.25, -0.2) is 9.67 Å². The van der Waals surface area contributed by atoms with Gasteiger partial charge in [-0.1, -0.05) is 25.0 Å². The zero-order chi connectivity index (χ0) is 15.4. The van der Waals surface area contributed by atoms with E-state index in [4.69, 9.17) is 0 Å². The van der Waals surface area contributed by atoms with Crippen molar-refractivity contribution < 1.29 is 4.79 Å². The van der Waals surface area contributed by atoms with Crippen LogP contribution in [0.5, 0.6) is 0 Å². The van der Waals surface area contributed by atoms with Gasteiger partial charge in [-0.15, -0.1) is 0 Å². The van der Waals surface area contributed by atoms with E-state index >= 15 is 0 Å². The molecule has 0 saturated heterocycles. The lowest BCUT2D eigenvalue weighted by molar-refractivity contribution is -0.122. The Morgan fingerprint density at radius 3 is 2.64 bits per heavy atom. The van der Waals surface area contributed by atoms with E-state index < -0.39 is 5.41 Å². The Morgan fingerprint density at radius 2 is 2.05 bits per heavy atom. The predicted octanol–water partition coefficient (Wildman–Crippen LogP) is 2.35. The minimum atomic E-state index is -0.848. The molecule has 22 heavy (non-hydrogen) atoms. The van der Waals surface area contributed by atoms with Crippen molar-refractivity contribution in [3.8, 4) is 6.07 Å². The lowest BCUT2D eigenvalue weighted by atomic mass is 9.87. The van der Waals surface area contributed by atoms with Crippen LogP contribution in [0.2, 0.25) is 0 Å². The average Bonchev–Trinajstić information content (AvgIpc) is 3.21. The maximum absolute atomic E-state index is 12.4. The van der Waals surface area contributed by atoms with Gasteiger partial charge in [0.2, 0.25) is 5.91 Å². The second kappa shape index (κ2) is 5.98. The number of aromatic nitrogens is 3. The number of carbonyl (C=O) groups excluding carboxylic acids is 1. The molecule has 1 saturated carbocycles. The van der Waals surface area contributed by atoms with Crippen LogP contribution < -0.4 is 5.32 Å². The number of amides is 1. The molecule has 1 aliphatic rings. The molecule has 1 fully saturated rings. The zero-order valence-electron chi connectivity index (χ0n) is 12.2. The molecule has 2 aromatic rings. The van der Waals surface area contributed by atoms with Crippen LogP contribution in [-0.2, 0) is 11.3 Å². The molecule has 1 amide bonds. The molecule has 0 aliphatic heterocycles. The second-order valence-electron chi connectivity index (χ2n) is 5.65. The van der Waals surface area contributed by atoms with Crippen LogP contribution in [0.1, 0.15) is 31.2 Å². The van der Waals surface area contributed by atoms with Crippen molar-refractivity contribution in [2.45, 2.75) is 32.2 Å². The van der Waals surface area contributed by atoms with Gasteiger partial charge in [-0.3, -0.25) is 4.79 Å². The highest BCUT2D eigenvalue weighted by Crippen LogP contribution is 2.38. The first-order valence-electron chi connectivity index (χ1n) is 7.36. The van der Waals surface area contributed by atoms with E-state index in [9.17, 15) is 10.1 Å². The van der Waals surface area contributed by atoms with E-state index in [1.807, 2.05) is 24.3 Å². The maximum atomic E-state index is 12.4. The van der Waals surface area contributed by atoms with Crippen molar-refractivity contribution in [3.05, 3.63) is 42.5 Å². The minimum Gasteiger partial charge on any atom is -0.325 e. The maximum Gasteiger partial charge on any atom is 0.244 e. The Bertz CT molecular complexity index is 678. The number of nitrogens with one attached hydrogen (secondary N) is 1. The fourth-order valence-corrected chi connectivity index (χ4v) is 2.81. The quantitative estimate of drug-likeness (QED) is 0.938. The van der Waals surface area contributed by atoms with Crippen molar-refractivity contribution in [2.75, 3.05) is 5.32 Å². The molecule has 0 unspecified atom stereocenters. The average molecular weight is 295 g/mol. The number of hydrogen-bond acceptors (Lipinski definition) is 4. The zero-order valence-corrected chi connectivity index (χ0v) is 12.2. The normalized spacial score (nSPS) is 16.1. The molecule has 112 valence electrons. The third kappa shape index (κ3) is 2.84. The fourth-order valence-electron chi connectivity index (χ4n) is 2.81. The topological polar surface area (TPSA) is 83.6 Å². The van der Waals surface area contributed by atoms with Crippen LogP contribution in [0, 0.1) is 16.7 Å². The van der Waals surface area contributed by atoms with E-state index in [1.54, 1.807) is 11.0 Å². The van der Waals surface area contributed by atoms with E-state index in [-0.39, 0.29) is 5.91 Å². The summed E-state index contributed by atoms with van der Waals surface area (Å²) in [6, 6.07) is 9.78. The van der Waals surface area contributed by atoms with Crippen LogP contribution in [-0.4, -0.2) is 20.7 Å². The summed E-state index contributed by atoms with van der Waals surface area (Å²) in [5, 5.41) is 16.2. The number of nitrogens with zero attached hydrogens (tertiary/aromatic N) is 4. The number of benzene rings is 1. The smallest absolute Gasteiger partial charge is 0.244 e. The first kappa shape index (κ1) is 14.3. The summed E-state index contributed by atoms with van der Waals surface area (Å²) in [7, 11) is 0. The van der Waals surface area contributed by atoms with Crippen LogP contribution in [0.15, 0.2) is 36.9 Å². The SMILES string of the molecule is N#CC1(C(=O)Nc2ccc(Cn3cncn3)cc2)CCCC1. The van der Waals surface area contributed by atoms with Gasteiger partial charge in [0.05, 0.1) is 12.6 Å². The highest BCUT2D eigenvalue weighted by atomic mass is 16.2. The molecular weight excluding hydrogens is 278 g/mol. The van der Waals surface area contributed by atoms with Gasteiger partial charge >= 0.3 is 0 Å². The Hall–Kier alpha value is -2.68. The summed E-state index contributed by atoms with van der Waals surface area (Å²) in [5.74, 6) is -0.184. The Morgan fingerprint density at radius 1 is 1.32 bits per heavy atom. The van der Waals surface area contributed by atoms with Crippen LogP contribution in [0.25, 0.3) is 0 Å². The molecule has 1 heterocycles. The van der Waals surface area contributed by atoms with E-state index in [1.165, 1.54) is 6.33 Å². The summed E-state index contributed by atoms with van der Waals surface area (Å²) in [6.45, 7) is 0.635. The van der Waals surface area contributed by atoms with Gasteiger partial charge in [-0.2, -0.15) is 10.4 Å². The lowest BCUT2D eigenvalue weighted by Crippen LogP contribution is -2.32. The van der Waals surface area contributed by atoms with Crippen LogP contribution in [0.4, 0.5) is 5.69 Å². The fraction of sp³-hybridized carbons (Fsp3) is 0.375. The second-order valence-corrected chi connectivity index (χ2v) is 5.65. The van der Waals surface area contributed by atoms with Crippen molar-refractivity contribution in [2.24, 2.45) is 5.41 Å². The number of nitriles is 1. The molecule has 0 atom stereocenters. The standard InChI is InChI=1S/C16H17N5O/c17-10-16(7-1-2-8-16)15(22)20-14-5-3-13(4-6-14)9-21-12-18-11-19-21/h3-6,11-12H,1-2,7-9H2,(H,20,22). The molecule has 1 N–H and O–H groups in total. The largest absolute Gasteiger partial charge is 0.325 e. The lowest BCUT2D eigenvalue weighted by Gasteiger charge is -2.19. The molecule has 1 aliphatic carbocycles. The van der Waals surface area contributed by atoms with E-state index in [2.05, 4.69) is 21.5 Å². The molecule has 3 rings (SSSR count). The van der Waals surface area contributed by atoms with E-state index in [0.29, 0.717) is 25.1 Å². The molecule has 6 nitrogen and oxygen atoms in total. The molecule has 0 radical (unpaired) electrons. The molecule has 6 heteroatoms. The van der Waals surface area contributed by atoms with Gasteiger partial charge in [0.25, 0.3) is 0 Å². The minimum absolute atomic E-state index is 0.184. The van der Waals surface area contributed by atoms with Gasteiger partial charge < -0.3 is 5.32 Å². The Labute approximate surface area is 128 Å². The molecular formula is C16H17N5O. The molecule has 0 spiro atoms. The van der Waals surface area contributed by atoms with Gasteiger partial charge in [0.15, 0.2) is 0 Å². The molecule has 1 aromatic carbocycles. The Kier molecular flexibility index (Phi) is 3.88. The third-order valence-corrected chi connectivity index (χ3v) is 4.13. The van der Waals surface area contributed by atoms with Gasteiger partial charge in [0, 0.05) is 5.69 Å². The monoisotopic (exact) mass is 295 g/mol. The van der Waals surface area contributed by atoms with Gasteiger partial charge in [-0.05, 0) is 30.5 Å². The first-order chi connectivity index (χ1) is 10.7. The Balaban J connectivity index is 1.66. The number of anilines is 1. The predicted molar refractivity (Wildman–Crippen MR) is 80.7 cm³/mol. The third-order valence-electron chi connectivity index (χ3n) is 4.13. The van der Waals surface area contributed by atoms with Crippen LogP contribution >= 0.6 is 0 Å². The number of hydrogen-bond donors (Lipinski definition) is 1. The van der Waals surface area contributed by atoms with Crippen molar-refractivity contribution >= 4 is 11.6 Å². The highest BCUT2D eigenvalue weighted by molar-refractivity contribution is 5.97. The first-order valence-corrected chi connectivity index (χ1v) is 7.36. The summed E-state index contributed by atoms with van der Waals surface area (Å²) in [4.78, 5) is 16.3. The van der Waals surface area contributed by atoms with Crippen molar-refractivity contribution in [3.63, 3.8) is 0 Å². The highest BCUT2D eigenvalue weighted by Gasteiger charge is 2.41. The summed E-state index contributed by atoms with van der Waals surface area (Å²) in [5.41, 5.74) is 0.938. The van der Waals surface area contributed by atoms with Crippen molar-refractivity contribution in [1.29, 1.82) is 5.26 Å². The summed E-state index contributed by atoms with van der Waals surface area (Å²) >= 11 is 0. The summed E-state index contributed by atoms with van der Waals surface area (Å²) < 4.78 is 1.73. The molecule has 0 bridgehead atoms. The van der Waals surface area contributed by atoms with Crippen molar-refractivity contribution in [1.82, 2.24) is 14.8 Å². The number of rotatable bonds is 4. The number of carbonyl (C=O) groups is 1. The van der Waals surface area contributed by atoms with Crippen LogP contribution in [0.3, 0.4) is 0 Å². The summed E-state index contributed by atoms with van der Waals surface area (Å²) in [6.07, 6.45) is 6.35. The molecule has 1 aromatic heterocycles. The van der Waals surface area contributed by atoms with E-state index in [0.717, 1.165) is 18.4 Å².